The number of hydrogen-bond donors (Lipinski definition) is 1. The molecule has 0 bridgehead atoms. The van der Waals surface area contributed by atoms with Crippen LogP contribution in [0.2, 0.25) is 0 Å². The van der Waals surface area contributed by atoms with Crippen molar-refractivity contribution in [3.63, 3.8) is 0 Å². The first-order chi connectivity index (χ1) is 12.9. The molecule has 27 heavy (non-hydrogen) atoms. The maximum absolute atomic E-state index is 13.4. The third-order valence-electron chi connectivity index (χ3n) is 3.83. The number of rotatable bonds is 8. The van der Waals surface area contributed by atoms with E-state index in [1.54, 1.807) is 13.0 Å². The Hall–Kier alpha value is -2.76. The number of halogens is 1. The summed E-state index contributed by atoms with van der Waals surface area (Å²) in [5.41, 5.74) is 0.493. The van der Waals surface area contributed by atoms with Gasteiger partial charge in [-0.25, -0.2) is 17.5 Å². The lowest BCUT2D eigenvalue weighted by Crippen LogP contribution is -2.35. The van der Waals surface area contributed by atoms with Crippen molar-refractivity contribution in [1.82, 2.24) is 4.72 Å². The molecule has 0 radical (unpaired) electrons. The Bertz CT molecular complexity index is 940. The lowest BCUT2D eigenvalue weighted by atomic mass is 10.00. The molecule has 1 atom stereocenters. The molecule has 0 aromatic heterocycles. The monoisotopic (exact) mass is 390 g/mol. The second-order valence-corrected chi connectivity index (χ2v) is 7.51. The first-order valence-corrected chi connectivity index (χ1v) is 9.75. The number of sulfonamides is 1. The first kappa shape index (κ1) is 20.6. The second kappa shape index (κ2) is 9.26. The summed E-state index contributed by atoms with van der Waals surface area (Å²) in [7, 11) is -4.02. The van der Waals surface area contributed by atoms with E-state index in [2.05, 4.69) is 4.72 Å². The Morgan fingerprint density at radius 3 is 2.59 bits per heavy atom. The van der Waals surface area contributed by atoms with E-state index in [0.717, 1.165) is 23.8 Å². The lowest BCUT2D eigenvalue weighted by molar-refractivity contribution is -0.147. The van der Waals surface area contributed by atoms with Crippen LogP contribution in [0.4, 0.5) is 4.39 Å². The minimum absolute atomic E-state index is 0.181. The number of hydrogen-bond acceptors (Lipinski definition) is 5. The molecule has 0 aliphatic heterocycles. The number of esters is 1. The van der Waals surface area contributed by atoms with E-state index < -0.39 is 27.7 Å². The second-order valence-electron chi connectivity index (χ2n) is 5.74. The lowest BCUT2D eigenvalue weighted by Gasteiger charge is -2.16. The molecule has 8 heteroatoms. The van der Waals surface area contributed by atoms with Crippen LogP contribution >= 0.6 is 0 Å². The molecule has 142 valence electrons. The molecule has 2 aromatic rings. The van der Waals surface area contributed by atoms with E-state index >= 15 is 0 Å². The van der Waals surface area contributed by atoms with Crippen LogP contribution in [-0.2, 0) is 26.0 Å². The van der Waals surface area contributed by atoms with Gasteiger partial charge in [0.05, 0.1) is 23.0 Å². The number of nitrogens with zero attached hydrogens (tertiary/aromatic N) is 1. The SMILES string of the molecule is CCOC(=O)C(CNS(=O)(=O)c1ccc(F)c(C#N)c1)Cc1ccccc1. The molecule has 0 saturated carbocycles. The van der Waals surface area contributed by atoms with Gasteiger partial charge in [0, 0.05) is 6.54 Å². The standard InChI is InChI=1S/C19H19FN2O4S/c1-2-26-19(23)16(10-14-6-4-3-5-7-14)13-22-27(24,25)17-8-9-18(20)15(11-17)12-21/h3-9,11,16,22H,2,10,13H2,1H3. The van der Waals surface area contributed by atoms with Gasteiger partial charge in [-0.05, 0) is 37.1 Å². The van der Waals surface area contributed by atoms with Gasteiger partial charge in [-0.3, -0.25) is 4.79 Å². The smallest absolute Gasteiger partial charge is 0.310 e. The summed E-state index contributed by atoms with van der Waals surface area (Å²) in [4.78, 5) is 11.9. The van der Waals surface area contributed by atoms with Crippen molar-refractivity contribution in [3.05, 3.63) is 65.5 Å². The predicted molar refractivity (Wildman–Crippen MR) is 96.6 cm³/mol. The Morgan fingerprint density at radius 1 is 1.26 bits per heavy atom. The minimum Gasteiger partial charge on any atom is -0.466 e. The maximum atomic E-state index is 13.4. The highest BCUT2D eigenvalue weighted by Gasteiger charge is 2.24. The molecule has 1 unspecified atom stereocenters. The zero-order chi connectivity index (χ0) is 19.9. The fourth-order valence-corrected chi connectivity index (χ4v) is 3.56. The zero-order valence-electron chi connectivity index (χ0n) is 14.7. The van der Waals surface area contributed by atoms with Gasteiger partial charge in [0.15, 0.2) is 0 Å². The van der Waals surface area contributed by atoms with Crippen molar-refractivity contribution in [2.75, 3.05) is 13.2 Å². The third-order valence-corrected chi connectivity index (χ3v) is 5.25. The molecule has 0 aliphatic carbocycles. The van der Waals surface area contributed by atoms with E-state index in [0.29, 0.717) is 6.42 Å². The van der Waals surface area contributed by atoms with Gasteiger partial charge < -0.3 is 4.74 Å². The van der Waals surface area contributed by atoms with Crippen LogP contribution in [0.1, 0.15) is 18.1 Å². The largest absolute Gasteiger partial charge is 0.466 e. The Morgan fingerprint density at radius 2 is 1.96 bits per heavy atom. The van der Waals surface area contributed by atoms with Crippen molar-refractivity contribution >= 4 is 16.0 Å². The average molecular weight is 390 g/mol. The van der Waals surface area contributed by atoms with Crippen molar-refractivity contribution < 1.29 is 22.3 Å². The van der Waals surface area contributed by atoms with Crippen molar-refractivity contribution in [1.29, 1.82) is 5.26 Å². The van der Waals surface area contributed by atoms with E-state index in [1.165, 1.54) is 0 Å². The van der Waals surface area contributed by atoms with Crippen molar-refractivity contribution in [3.8, 4) is 6.07 Å². The van der Waals surface area contributed by atoms with Gasteiger partial charge in [0.25, 0.3) is 0 Å². The molecule has 0 amide bonds. The van der Waals surface area contributed by atoms with Gasteiger partial charge in [-0.1, -0.05) is 30.3 Å². The summed E-state index contributed by atoms with van der Waals surface area (Å²) < 4.78 is 45.7. The quantitative estimate of drug-likeness (QED) is 0.698. The molecule has 0 spiro atoms. The number of carbonyl (C=O) groups excluding carboxylic acids is 1. The molecule has 0 aliphatic rings. The number of nitriles is 1. The summed E-state index contributed by atoms with van der Waals surface area (Å²) >= 11 is 0. The molecular weight excluding hydrogens is 371 g/mol. The Kier molecular flexibility index (Phi) is 7.05. The van der Waals surface area contributed by atoms with Crippen molar-refractivity contribution in [2.24, 2.45) is 5.92 Å². The molecule has 0 fully saturated rings. The van der Waals surface area contributed by atoms with Crippen LogP contribution in [0.15, 0.2) is 53.4 Å². The first-order valence-electron chi connectivity index (χ1n) is 8.27. The summed E-state index contributed by atoms with van der Waals surface area (Å²) in [6.45, 7) is 1.67. The molecule has 2 aromatic carbocycles. The normalized spacial score (nSPS) is 12.2. The van der Waals surface area contributed by atoms with E-state index in [-0.39, 0.29) is 23.6 Å². The summed E-state index contributed by atoms with van der Waals surface area (Å²) in [5, 5.41) is 8.86. The van der Waals surface area contributed by atoms with E-state index in [1.807, 2.05) is 30.3 Å². The molecule has 6 nitrogen and oxygen atoms in total. The van der Waals surface area contributed by atoms with Gasteiger partial charge in [0.2, 0.25) is 10.0 Å². The number of carbonyl (C=O) groups is 1. The minimum atomic E-state index is -4.02. The molecule has 1 N–H and O–H groups in total. The third kappa shape index (κ3) is 5.61. The molecule has 2 rings (SSSR count). The Balaban J connectivity index is 2.17. The summed E-state index contributed by atoms with van der Waals surface area (Å²) in [5.74, 6) is -2.04. The van der Waals surface area contributed by atoms with Gasteiger partial charge >= 0.3 is 5.97 Å². The fraction of sp³-hybridized carbons (Fsp3) is 0.263. The van der Waals surface area contributed by atoms with Crippen LogP contribution in [-0.4, -0.2) is 27.5 Å². The number of ether oxygens (including phenoxy) is 1. The van der Waals surface area contributed by atoms with Crippen LogP contribution in [0.25, 0.3) is 0 Å². The summed E-state index contributed by atoms with van der Waals surface area (Å²) in [6.07, 6.45) is 0.301. The fourth-order valence-electron chi connectivity index (χ4n) is 2.45. The van der Waals surface area contributed by atoms with Crippen LogP contribution < -0.4 is 4.72 Å². The highest BCUT2D eigenvalue weighted by Crippen LogP contribution is 2.16. The van der Waals surface area contributed by atoms with E-state index in [4.69, 9.17) is 10.00 Å². The summed E-state index contributed by atoms with van der Waals surface area (Å²) in [6, 6.07) is 13.7. The zero-order valence-corrected chi connectivity index (χ0v) is 15.5. The highest BCUT2D eigenvalue weighted by atomic mass is 32.2. The number of nitrogens with one attached hydrogen (secondary N) is 1. The maximum Gasteiger partial charge on any atom is 0.310 e. The van der Waals surface area contributed by atoms with Gasteiger partial charge in [0.1, 0.15) is 11.9 Å². The van der Waals surface area contributed by atoms with E-state index in [9.17, 15) is 17.6 Å². The molecule has 0 heterocycles. The molecular formula is C19H19FN2O4S. The van der Waals surface area contributed by atoms with Crippen LogP contribution in [0.3, 0.4) is 0 Å². The average Bonchev–Trinajstić information content (AvgIpc) is 2.66. The molecule has 0 saturated heterocycles. The number of benzene rings is 2. The van der Waals surface area contributed by atoms with Crippen LogP contribution in [0.5, 0.6) is 0 Å². The predicted octanol–water partition coefficient (Wildman–Crippen LogP) is 2.40. The Labute approximate surface area is 157 Å². The van der Waals surface area contributed by atoms with Gasteiger partial charge in [-0.15, -0.1) is 0 Å². The van der Waals surface area contributed by atoms with Crippen molar-refractivity contribution in [2.45, 2.75) is 18.2 Å². The van der Waals surface area contributed by atoms with Crippen LogP contribution in [0, 0.1) is 23.1 Å². The van der Waals surface area contributed by atoms with Gasteiger partial charge in [-0.2, -0.15) is 5.26 Å². The topological polar surface area (TPSA) is 96.3 Å². The highest BCUT2D eigenvalue weighted by molar-refractivity contribution is 7.89.